The van der Waals surface area contributed by atoms with E-state index in [1.807, 2.05) is 18.8 Å². The van der Waals surface area contributed by atoms with Crippen LogP contribution in [0, 0.1) is 0 Å². The molecule has 0 aliphatic rings. The lowest BCUT2D eigenvalue weighted by molar-refractivity contribution is 0.475. The van der Waals surface area contributed by atoms with Gasteiger partial charge in [0, 0.05) is 31.7 Å². The third-order valence-corrected chi connectivity index (χ3v) is 4.19. The molecule has 0 unspecified atom stereocenters. The molecule has 3 nitrogen and oxygen atoms in total. The molecule has 0 bridgehead atoms. The fourth-order valence-electron chi connectivity index (χ4n) is 1.89. The lowest BCUT2D eigenvalue weighted by atomic mass is 10.2. The molecule has 0 atom stereocenters. The van der Waals surface area contributed by atoms with E-state index in [4.69, 9.17) is 0 Å². The van der Waals surface area contributed by atoms with E-state index in [0.717, 1.165) is 23.5 Å². The topological polar surface area (TPSA) is 27.6 Å². The quantitative estimate of drug-likeness (QED) is 0.271. The van der Waals surface area contributed by atoms with Crippen LogP contribution in [0.2, 0.25) is 0 Å². The van der Waals surface area contributed by atoms with Gasteiger partial charge >= 0.3 is 0 Å². The molecule has 0 aromatic heterocycles. The number of nitrogens with one attached hydrogen (secondary N) is 1. The van der Waals surface area contributed by atoms with E-state index in [-0.39, 0.29) is 24.0 Å². The van der Waals surface area contributed by atoms with Gasteiger partial charge in [-0.15, -0.1) is 24.0 Å². The Morgan fingerprint density at radius 3 is 2.52 bits per heavy atom. The number of unbranched alkanes of at least 4 members (excludes halogenated alkanes) is 1. The first kappa shape index (κ1) is 21.0. The third-order valence-electron chi connectivity index (χ3n) is 2.96. The van der Waals surface area contributed by atoms with E-state index in [0.29, 0.717) is 0 Å². The molecule has 0 fully saturated rings. The summed E-state index contributed by atoms with van der Waals surface area (Å²) < 4.78 is 1.11. The van der Waals surface area contributed by atoms with Crippen LogP contribution in [-0.2, 0) is 6.54 Å². The van der Waals surface area contributed by atoms with Crippen LogP contribution in [0.5, 0.6) is 0 Å². The Kier molecular flexibility index (Phi) is 12.6. The number of benzene rings is 1. The Hall–Kier alpha value is 0.0500. The van der Waals surface area contributed by atoms with Crippen molar-refractivity contribution in [2.75, 3.05) is 32.6 Å². The minimum Gasteiger partial charge on any atom is -0.356 e. The second-order valence-corrected chi connectivity index (χ2v) is 6.56. The highest BCUT2D eigenvalue weighted by Gasteiger charge is 2.05. The van der Waals surface area contributed by atoms with Crippen LogP contribution >= 0.6 is 51.7 Å². The summed E-state index contributed by atoms with van der Waals surface area (Å²) in [7, 11) is 3.90. The molecule has 1 aromatic carbocycles. The highest BCUT2D eigenvalue weighted by atomic mass is 127. The van der Waals surface area contributed by atoms with E-state index in [1.54, 1.807) is 0 Å². The molecule has 0 heterocycles. The maximum atomic E-state index is 4.34. The summed E-state index contributed by atoms with van der Waals surface area (Å²) in [5.74, 6) is 2.19. The molecule has 1 aromatic rings. The summed E-state index contributed by atoms with van der Waals surface area (Å²) in [4.78, 5) is 6.49. The van der Waals surface area contributed by atoms with Crippen molar-refractivity contribution in [2.24, 2.45) is 4.99 Å². The first-order chi connectivity index (χ1) is 9.67. The van der Waals surface area contributed by atoms with Crippen molar-refractivity contribution in [2.45, 2.75) is 19.4 Å². The predicted molar refractivity (Wildman–Crippen MR) is 110 cm³/mol. The Balaban J connectivity index is 0.00000400. The van der Waals surface area contributed by atoms with Gasteiger partial charge in [-0.2, -0.15) is 11.8 Å². The molecule has 0 amide bonds. The number of halogens is 2. The third kappa shape index (κ3) is 8.93. The van der Waals surface area contributed by atoms with Crippen LogP contribution in [0.4, 0.5) is 0 Å². The number of hydrogen-bond acceptors (Lipinski definition) is 2. The van der Waals surface area contributed by atoms with Crippen LogP contribution in [0.1, 0.15) is 18.4 Å². The minimum atomic E-state index is 0. The SMILES string of the molecule is CN=C(NCCCCSC)N(C)Cc1ccc(Br)cc1.I. The smallest absolute Gasteiger partial charge is 0.193 e. The normalized spacial score (nSPS) is 11.0. The highest BCUT2D eigenvalue weighted by Crippen LogP contribution is 2.11. The summed E-state index contributed by atoms with van der Waals surface area (Å²) in [5.41, 5.74) is 1.28. The van der Waals surface area contributed by atoms with Crippen molar-refractivity contribution in [3.05, 3.63) is 34.3 Å². The van der Waals surface area contributed by atoms with Crippen LogP contribution in [0.3, 0.4) is 0 Å². The number of hydrogen-bond donors (Lipinski definition) is 1. The van der Waals surface area contributed by atoms with Gasteiger partial charge in [0.2, 0.25) is 0 Å². The molecule has 0 saturated carbocycles. The molecule has 0 aliphatic heterocycles. The zero-order valence-corrected chi connectivity index (χ0v) is 17.7. The van der Waals surface area contributed by atoms with Gasteiger partial charge in [0.15, 0.2) is 5.96 Å². The Labute approximate surface area is 158 Å². The van der Waals surface area contributed by atoms with Crippen molar-refractivity contribution < 1.29 is 0 Å². The van der Waals surface area contributed by atoms with Gasteiger partial charge in [-0.25, -0.2) is 0 Å². The average Bonchev–Trinajstić information content (AvgIpc) is 2.45. The summed E-state index contributed by atoms with van der Waals surface area (Å²) in [5, 5.41) is 3.42. The van der Waals surface area contributed by atoms with Gasteiger partial charge in [0.25, 0.3) is 0 Å². The van der Waals surface area contributed by atoms with Gasteiger partial charge in [0.1, 0.15) is 0 Å². The maximum Gasteiger partial charge on any atom is 0.193 e. The van der Waals surface area contributed by atoms with Gasteiger partial charge in [-0.3, -0.25) is 4.99 Å². The number of aliphatic imine (C=N–C) groups is 1. The molecule has 120 valence electrons. The summed E-state index contributed by atoms with van der Waals surface area (Å²) in [6, 6.07) is 8.40. The minimum absolute atomic E-state index is 0. The fourth-order valence-corrected chi connectivity index (χ4v) is 2.65. The molecule has 0 saturated heterocycles. The first-order valence-electron chi connectivity index (χ1n) is 6.82. The largest absolute Gasteiger partial charge is 0.356 e. The van der Waals surface area contributed by atoms with E-state index in [1.165, 1.54) is 24.2 Å². The zero-order chi connectivity index (χ0) is 14.8. The second-order valence-electron chi connectivity index (χ2n) is 4.66. The molecular formula is C15H25BrIN3S. The number of nitrogens with zero attached hydrogens (tertiary/aromatic N) is 2. The molecule has 1 rings (SSSR count). The van der Waals surface area contributed by atoms with E-state index >= 15 is 0 Å². The van der Waals surface area contributed by atoms with Crippen LogP contribution in [0.25, 0.3) is 0 Å². The van der Waals surface area contributed by atoms with Gasteiger partial charge in [-0.05, 0) is 42.5 Å². The van der Waals surface area contributed by atoms with Crippen LogP contribution < -0.4 is 5.32 Å². The number of rotatable bonds is 7. The Bertz CT molecular complexity index is 412. The van der Waals surface area contributed by atoms with Crippen molar-refractivity contribution in [1.82, 2.24) is 10.2 Å². The predicted octanol–water partition coefficient (Wildman–Crippen LogP) is 4.22. The molecule has 0 aliphatic carbocycles. The zero-order valence-electron chi connectivity index (χ0n) is 12.9. The van der Waals surface area contributed by atoms with Crippen molar-refractivity contribution in [3.63, 3.8) is 0 Å². The van der Waals surface area contributed by atoms with Crippen molar-refractivity contribution >= 4 is 57.6 Å². The van der Waals surface area contributed by atoms with Crippen LogP contribution in [-0.4, -0.2) is 43.5 Å². The monoisotopic (exact) mass is 485 g/mol. The summed E-state index contributed by atoms with van der Waals surface area (Å²) in [6.07, 6.45) is 4.59. The lowest BCUT2D eigenvalue weighted by Crippen LogP contribution is -2.38. The van der Waals surface area contributed by atoms with E-state index in [9.17, 15) is 0 Å². The molecule has 0 radical (unpaired) electrons. The van der Waals surface area contributed by atoms with Gasteiger partial charge < -0.3 is 10.2 Å². The number of thioether (sulfide) groups is 1. The molecule has 21 heavy (non-hydrogen) atoms. The lowest BCUT2D eigenvalue weighted by Gasteiger charge is -2.22. The molecular weight excluding hydrogens is 461 g/mol. The fraction of sp³-hybridized carbons (Fsp3) is 0.533. The van der Waals surface area contributed by atoms with Gasteiger partial charge in [0.05, 0.1) is 0 Å². The van der Waals surface area contributed by atoms with Crippen LogP contribution in [0.15, 0.2) is 33.7 Å². The molecule has 0 spiro atoms. The van der Waals surface area contributed by atoms with Gasteiger partial charge in [-0.1, -0.05) is 28.1 Å². The van der Waals surface area contributed by atoms with Crippen molar-refractivity contribution in [1.29, 1.82) is 0 Å². The Morgan fingerprint density at radius 2 is 1.95 bits per heavy atom. The van der Waals surface area contributed by atoms with Crippen molar-refractivity contribution in [3.8, 4) is 0 Å². The van der Waals surface area contributed by atoms with E-state index in [2.05, 4.69) is 68.7 Å². The standard InChI is InChI=1S/C15H24BrN3S.HI/c1-17-15(18-10-4-5-11-20-3)19(2)12-13-6-8-14(16)9-7-13;/h6-9H,4-5,10-12H2,1-3H3,(H,17,18);1H. The summed E-state index contributed by atoms with van der Waals surface area (Å²) in [6.45, 7) is 1.84. The molecule has 6 heteroatoms. The highest BCUT2D eigenvalue weighted by molar-refractivity contribution is 14.0. The molecule has 1 N–H and O–H groups in total. The number of guanidine groups is 1. The average molecular weight is 486 g/mol. The van der Waals surface area contributed by atoms with E-state index < -0.39 is 0 Å². The summed E-state index contributed by atoms with van der Waals surface area (Å²) >= 11 is 5.36. The maximum absolute atomic E-state index is 4.34. The second kappa shape index (κ2) is 12.6. The Morgan fingerprint density at radius 1 is 1.29 bits per heavy atom. The first-order valence-corrected chi connectivity index (χ1v) is 9.01.